The van der Waals surface area contributed by atoms with Gasteiger partial charge in [-0.3, -0.25) is 9.59 Å². The summed E-state index contributed by atoms with van der Waals surface area (Å²) in [5.41, 5.74) is 9.95. The Labute approximate surface area is 90.3 Å². The number of nitrogens with zero attached hydrogens (tertiary/aromatic N) is 3. The van der Waals surface area contributed by atoms with E-state index in [1.54, 1.807) is 0 Å². The van der Waals surface area contributed by atoms with Gasteiger partial charge in [-0.2, -0.15) is 4.39 Å². The first-order valence-corrected chi connectivity index (χ1v) is 4.28. The van der Waals surface area contributed by atoms with Crippen molar-refractivity contribution in [1.82, 2.24) is 9.97 Å². The Morgan fingerprint density at radius 3 is 2.25 bits per heavy atom. The Kier molecular flexibility index (Phi) is 3.70. The molecule has 1 aromatic heterocycles. The molecule has 0 spiro atoms. The van der Waals surface area contributed by atoms with Crippen molar-refractivity contribution in [2.24, 2.45) is 11.5 Å². The molecule has 0 aliphatic heterocycles. The molecule has 0 unspecified atom stereocenters. The molecule has 0 fully saturated rings. The maximum atomic E-state index is 12.8. The summed E-state index contributed by atoms with van der Waals surface area (Å²) in [6.45, 7) is -0.557. The molecule has 0 saturated carbocycles. The average molecular weight is 227 g/mol. The Balaban J connectivity index is 2.90. The van der Waals surface area contributed by atoms with Crippen molar-refractivity contribution in [3.8, 4) is 0 Å². The molecule has 2 amide bonds. The van der Waals surface area contributed by atoms with Crippen LogP contribution in [-0.4, -0.2) is 34.9 Å². The van der Waals surface area contributed by atoms with E-state index < -0.39 is 17.8 Å². The summed E-state index contributed by atoms with van der Waals surface area (Å²) < 4.78 is 12.8. The van der Waals surface area contributed by atoms with Gasteiger partial charge in [-0.25, -0.2) is 9.97 Å². The fraction of sp³-hybridized carbons (Fsp3) is 0.250. The minimum Gasteiger partial charge on any atom is -0.368 e. The summed E-state index contributed by atoms with van der Waals surface area (Å²) in [4.78, 5) is 29.6. The predicted molar refractivity (Wildman–Crippen MR) is 52.6 cm³/mol. The summed E-state index contributed by atoms with van der Waals surface area (Å²) in [5, 5.41) is 0. The van der Waals surface area contributed by atoms with E-state index in [0.29, 0.717) is 0 Å². The van der Waals surface area contributed by atoms with E-state index in [0.717, 1.165) is 17.3 Å². The highest BCUT2D eigenvalue weighted by Gasteiger charge is 2.14. The molecule has 0 aromatic carbocycles. The van der Waals surface area contributed by atoms with Crippen molar-refractivity contribution >= 4 is 17.6 Å². The van der Waals surface area contributed by atoms with Crippen LogP contribution in [0.2, 0.25) is 0 Å². The summed E-state index contributed by atoms with van der Waals surface area (Å²) in [7, 11) is 0. The molecule has 86 valence electrons. The van der Waals surface area contributed by atoms with Gasteiger partial charge in [0.05, 0.1) is 13.1 Å². The van der Waals surface area contributed by atoms with E-state index in [9.17, 15) is 14.0 Å². The molecule has 4 N–H and O–H groups in total. The molecular weight excluding hydrogens is 217 g/mol. The Morgan fingerprint density at radius 2 is 1.81 bits per heavy atom. The number of halogens is 1. The zero-order chi connectivity index (χ0) is 12.1. The summed E-state index contributed by atoms with van der Waals surface area (Å²) in [6, 6.07) is 0.978. The second-order valence-corrected chi connectivity index (χ2v) is 2.99. The third-order valence-corrected chi connectivity index (χ3v) is 1.64. The van der Waals surface area contributed by atoms with Gasteiger partial charge in [0.25, 0.3) is 0 Å². The zero-order valence-electron chi connectivity index (χ0n) is 8.26. The fourth-order valence-electron chi connectivity index (χ4n) is 1.09. The van der Waals surface area contributed by atoms with Crippen LogP contribution in [0.5, 0.6) is 0 Å². The number of carbonyl (C=O) groups excluding carboxylic acids is 2. The molecule has 0 bridgehead atoms. The lowest BCUT2D eigenvalue weighted by molar-refractivity contribution is -0.117. The van der Waals surface area contributed by atoms with Crippen molar-refractivity contribution in [1.29, 1.82) is 0 Å². The fourth-order valence-corrected chi connectivity index (χ4v) is 1.09. The number of anilines is 1. The van der Waals surface area contributed by atoms with E-state index in [2.05, 4.69) is 9.97 Å². The Morgan fingerprint density at radius 1 is 1.25 bits per heavy atom. The van der Waals surface area contributed by atoms with Gasteiger partial charge in [0.1, 0.15) is 12.1 Å². The number of aromatic nitrogens is 2. The third-order valence-electron chi connectivity index (χ3n) is 1.64. The van der Waals surface area contributed by atoms with Crippen molar-refractivity contribution < 1.29 is 14.0 Å². The molecule has 0 aliphatic carbocycles. The number of nitrogens with two attached hydrogens (primary N) is 2. The van der Waals surface area contributed by atoms with Gasteiger partial charge in [-0.15, -0.1) is 0 Å². The number of amides is 2. The molecule has 1 aromatic rings. The van der Waals surface area contributed by atoms with Crippen LogP contribution in [0.4, 0.5) is 10.2 Å². The van der Waals surface area contributed by atoms with Crippen molar-refractivity contribution in [2.75, 3.05) is 18.0 Å². The topological polar surface area (TPSA) is 115 Å². The Hall–Kier alpha value is -2.25. The predicted octanol–water partition coefficient (Wildman–Crippen LogP) is -1.61. The smallest absolute Gasteiger partial charge is 0.237 e. The maximum absolute atomic E-state index is 12.8. The van der Waals surface area contributed by atoms with Gasteiger partial charge in [0.2, 0.25) is 17.8 Å². The normalized spacial score (nSPS) is 9.81. The number of hydrogen-bond donors (Lipinski definition) is 2. The number of primary amides is 2. The monoisotopic (exact) mass is 227 g/mol. The molecule has 0 saturated heterocycles. The lowest BCUT2D eigenvalue weighted by atomic mass is 10.4. The van der Waals surface area contributed by atoms with Crippen molar-refractivity contribution in [2.45, 2.75) is 0 Å². The summed E-state index contributed by atoms with van der Waals surface area (Å²) in [6.07, 6.45) is 0.972. The van der Waals surface area contributed by atoms with Crippen LogP contribution in [0.1, 0.15) is 0 Å². The van der Waals surface area contributed by atoms with Crippen molar-refractivity contribution in [3.05, 3.63) is 18.3 Å². The Bertz CT molecular complexity index is 395. The van der Waals surface area contributed by atoms with Crippen LogP contribution >= 0.6 is 0 Å². The van der Waals surface area contributed by atoms with Crippen LogP contribution < -0.4 is 16.4 Å². The van der Waals surface area contributed by atoms with E-state index in [-0.39, 0.29) is 18.9 Å². The average Bonchev–Trinajstić information content (AvgIpc) is 2.15. The zero-order valence-corrected chi connectivity index (χ0v) is 8.26. The van der Waals surface area contributed by atoms with Gasteiger partial charge in [-0.05, 0) is 0 Å². The first kappa shape index (κ1) is 11.8. The molecular formula is C8H10FN5O2. The van der Waals surface area contributed by atoms with E-state index in [4.69, 9.17) is 11.5 Å². The maximum Gasteiger partial charge on any atom is 0.237 e. The number of rotatable bonds is 5. The summed E-state index contributed by atoms with van der Waals surface area (Å²) >= 11 is 0. The van der Waals surface area contributed by atoms with Crippen LogP contribution in [0, 0.1) is 5.95 Å². The molecule has 7 nitrogen and oxygen atoms in total. The first-order valence-electron chi connectivity index (χ1n) is 4.28. The van der Waals surface area contributed by atoms with Gasteiger partial charge in [0.15, 0.2) is 0 Å². The van der Waals surface area contributed by atoms with Crippen LogP contribution in [0.3, 0.4) is 0 Å². The second-order valence-electron chi connectivity index (χ2n) is 2.99. The van der Waals surface area contributed by atoms with E-state index >= 15 is 0 Å². The molecule has 1 heterocycles. The van der Waals surface area contributed by atoms with Crippen LogP contribution in [0.15, 0.2) is 12.4 Å². The van der Waals surface area contributed by atoms with Gasteiger partial charge >= 0.3 is 0 Å². The third kappa shape index (κ3) is 3.48. The molecule has 0 aliphatic rings. The van der Waals surface area contributed by atoms with Gasteiger partial charge < -0.3 is 16.4 Å². The number of carbonyl (C=O) groups is 2. The molecule has 1 rings (SSSR count). The molecule has 8 heteroatoms. The lowest BCUT2D eigenvalue weighted by Gasteiger charge is -2.19. The lowest BCUT2D eigenvalue weighted by Crippen LogP contribution is -2.40. The van der Waals surface area contributed by atoms with Crippen LogP contribution in [-0.2, 0) is 9.59 Å². The highest BCUT2D eigenvalue weighted by molar-refractivity contribution is 5.84. The molecule has 16 heavy (non-hydrogen) atoms. The first-order chi connectivity index (χ1) is 7.49. The number of hydrogen-bond acceptors (Lipinski definition) is 5. The standard InChI is InChI=1S/C8H10FN5O2/c9-5-1-8(13-4-12-5)14(2-6(10)15)3-7(11)16/h1,4H,2-3H2,(H2,10,15)(H2,11,16). The summed E-state index contributed by atoms with van der Waals surface area (Å²) in [5.74, 6) is -2.06. The van der Waals surface area contributed by atoms with Gasteiger partial charge in [0, 0.05) is 6.07 Å². The largest absolute Gasteiger partial charge is 0.368 e. The minimum absolute atomic E-state index is 0.0742. The molecule has 0 radical (unpaired) electrons. The highest BCUT2D eigenvalue weighted by atomic mass is 19.1. The van der Waals surface area contributed by atoms with Crippen molar-refractivity contribution in [3.63, 3.8) is 0 Å². The molecule has 0 atom stereocenters. The highest BCUT2D eigenvalue weighted by Crippen LogP contribution is 2.09. The van der Waals surface area contributed by atoms with Crippen LogP contribution in [0.25, 0.3) is 0 Å². The van der Waals surface area contributed by atoms with E-state index in [1.165, 1.54) is 0 Å². The SMILES string of the molecule is NC(=O)CN(CC(N)=O)c1cc(F)ncn1. The quantitative estimate of drug-likeness (QED) is 0.587. The van der Waals surface area contributed by atoms with E-state index in [1.807, 2.05) is 0 Å². The minimum atomic E-state index is -0.774. The van der Waals surface area contributed by atoms with Gasteiger partial charge in [-0.1, -0.05) is 0 Å². The second kappa shape index (κ2) is 5.01.